The van der Waals surface area contributed by atoms with E-state index in [4.69, 9.17) is 11.5 Å². The maximum atomic E-state index is 12.9. The molecule has 0 spiro atoms. The number of Topliss-reactive ketones (excluding diaryl/α,β-unsaturated/α-hetero) is 2. The van der Waals surface area contributed by atoms with Crippen LogP contribution in [-0.2, 0) is 9.47 Å². The summed E-state index contributed by atoms with van der Waals surface area (Å²) in [6.45, 7) is -0.428. The number of methoxy groups -OCH3 is 2. The number of ketones is 2. The van der Waals surface area contributed by atoms with Crippen LogP contribution in [0.3, 0.4) is 0 Å². The molecule has 0 radical (unpaired) electrons. The van der Waals surface area contributed by atoms with E-state index in [0.717, 1.165) is 0 Å². The first-order chi connectivity index (χ1) is 13.3. The van der Waals surface area contributed by atoms with Gasteiger partial charge in [-0.15, -0.1) is 0 Å². The molecule has 2 aromatic rings. The van der Waals surface area contributed by atoms with Crippen LogP contribution in [0.25, 0.3) is 0 Å². The molecule has 0 atom stereocenters. The molecule has 0 amide bonds. The predicted molar refractivity (Wildman–Crippen MR) is 100 cm³/mol. The average molecular weight is 384 g/mol. The number of carbonyl (C=O) groups excluding carboxylic acids is 4. The second-order valence-electron chi connectivity index (χ2n) is 5.97. The van der Waals surface area contributed by atoms with E-state index in [0.29, 0.717) is 0 Å². The topological polar surface area (TPSA) is 139 Å². The van der Waals surface area contributed by atoms with E-state index in [2.05, 4.69) is 9.47 Å². The van der Waals surface area contributed by atoms with Gasteiger partial charge in [-0.3, -0.25) is 9.59 Å². The van der Waals surface area contributed by atoms with E-state index < -0.39 is 35.6 Å². The Morgan fingerprint density at radius 3 is 1.25 bits per heavy atom. The molecule has 4 N–H and O–H groups in total. The third kappa shape index (κ3) is 3.98. The van der Waals surface area contributed by atoms with Gasteiger partial charge in [0.05, 0.1) is 25.3 Å². The van der Waals surface area contributed by atoms with E-state index >= 15 is 0 Å². The van der Waals surface area contributed by atoms with Gasteiger partial charge in [0.25, 0.3) is 0 Å². The monoisotopic (exact) mass is 384 g/mol. The van der Waals surface area contributed by atoms with E-state index in [1.807, 2.05) is 0 Å². The Labute approximate surface area is 161 Å². The third-order valence-corrected chi connectivity index (χ3v) is 4.27. The SMILES string of the molecule is COC(=O)c1ccc(C(=O)C(N)(CN)C(=O)c2ccc(C(=O)OC)cc2)cc1. The summed E-state index contributed by atoms with van der Waals surface area (Å²) in [5, 5.41) is 0. The summed E-state index contributed by atoms with van der Waals surface area (Å²) in [5.41, 5.74) is 10.5. The lowest BCUT2D eigenvalue weighted by Crippen LogP contribution is -2.60. The molecule has 2 rings (SSSR count). The molecule has 0 saturated heterocycles. The molecule has 2 aromatic carbocycles. The van der Waals surface area contributed by atoms with E-state index in [9.17, 15) is 19.2 Å². The highest BCUT2D eigenvalue weighted by Gasteiger charge is 2.41. The predicted octanol–water partition coefficient (Wildman–Crippen LogP) is 0.982. The van der Waals surface area contributed by atoms with Crippen molar-refractivity contribution < 1.29 is 28.7 Å². The van der Waals surface area contributed by atoms with Crippen LogP contribution in [0.5, 0.6) is 0 Å². The average Bonchev–Trinajstić information content (AvgIpc) is 2.76. The summed E-state index contributed by atoms with van der Waals surface area (Å²) < 4.78 is 9.20. The molecule has 0 aromatic heterocycles. The van der Waals surface area contributed by atoms with E-state index in [1.54, 1.807) is 0 Å². The summed E-state index contributed by atoms with van der Waals surface area (Å²) in [7, 11) is 2.48. The van der Waals surface area contributed by atoms with Gasteiger partial charge < -0.3 is 20.9 Å². The lowest BCUT2D eigenvalue weighted by atomic mass is 9.83. The first-order valence-corrected chi connectivity index (χ1v) is 8.23. The molecule has 0 aliphatic rings. The molecular formula is C20H20N2O6. The van der Waals surface area contributed by atoms with E-state index in [1.165, 1.54) is 62.8 Å². The van der Waals surface area contributed by atoms with Crippen LogP contribution in [-0.4, -0.2) is 49.8 Å². The van der Waals surface area contributed by atoms with Crippen LogP contribution in [0.1, 0.15) is 41.4 Å². The Balaban J connectivity index is 2.32. The molecule has 0 unspecified atom stereocenters. The van der Waals surface area contributed by atoms with E-state index in [-0.39, 0.29) is 22.3 Å². The fraction of sp³-hybridized carbons (Fsp3) is 0.200. The van der Waals surface area contributed by atoms with Crippen molar-refractivity contribution in [2.45, 2.75) is 5.54 Å². The fourth-order valence-electron chi connectivity index (χ4n) is 2.55. The highest BCUT2D eigenvalue weighted by atomic mass is 16.5. The van der Waals surface area contributed by atoms with Crippen LogP contribution in [0.2, 0.25) is 0 Å². The summed E-state index contributed by atoms with van der Waals surface area (Å²) in [5.74, 6) is -2.49. The molecule has 8 nitrogen and oxygen atoms in total. The first kappa shape index (κ1) is 20.9. The van der Waals surface area contributed by atoms with Gasteiger partial charge in [0.2, 0.25) is 0 Å². The van der Waals surface area contributed by atoms with Gasteiger partial charge >= 0.3 is 11.9 Å². The largest absolute Gasteiger partial charge is 0.465 e. The molecular weight excluding hydrogens is 364 g/mol. The van der Waals surface area contributed by atoms with Gasteiger partial charge in [-0.2, -0.15) is 0 Å². The molecule has 28 heavy (non-hydrogen) atoms. The van der Waals surface area contributed by atoms with Gasteiger partial charge in [-0.1, -0.05) is 24.3 Å². The standard InChI is InChI=1S/C20H20N2O6/c1-27-18(25)14-7-3-12(4-8-14)16(23)20(22,11-21)17(24)13-5-9-15(10-6-13)19(26)28-2/h3-10H,11,21-22H2,1-2H3. The molecule has 0 aliphatic heterocycles. The number of ether oxygens (including phenoxy) is 2. The second-order valence-corrected chi connectivity index (χ2v) is 5.97. The quantitative estimate of drug-likeness (QED) is 0.409. The summed E-state index contributed by atoms with van der Waals surface area (Å²) >= 11 is 0. The normalized spacial score (nSPS) is 10.9. The molecule has 0 fully saturated rings. The summed E-state index contributed by atoms with van der Waals surface area (Å²) in [6, 6.07) is 11.1. The minimum atomic E-state index is -2.00. The summed E-state index contributed by atoms with van der Waals surface area (Å²) in [6.07, 6.45) is 0. The van der Waals surface area contributed by atoms with Crippen molar-refractivity contribution in [3.05, 3.63) is 70.8 Å². The number of hydrogen-bond donors (Lipinski definition) is 2. The van der Waals surface area contributed by atoms with Crippen molar-refractivity contribution in [3.8, 4) is 0 Å². The summed E-state index contributed by atoms with van der Waals surface area (Å²) in [4.78, 5) is 48.7. The Hall–Kier alpha value is -3.36. The highest BCUT2D eigenvalue weighted by molar-refractivity contribution is 6.23. The van der Waals surface area contributed by atoms with Crippen molar-refractivity contribution in [2.24, 2.45) is 11.5 Å². The van der Waals surface area contributed by atoms with Crippen LogP contribution in [0.4, 0.5) is 0 Å². The number of rotatable bonds is 7. The number of hydrogen-bond acceptors (Lipinski definition) is 8. The number of nitrogens with two attached hydrogens (primary N) is 2. The molecule has 0 saturated carbocycles. The van der Waals surface area contributed by atoms with Crippen molar-refractivity contribution in [2.75, 3.05) is 20.8 Å². The molecule has 0 bridgehead atoms. The number of esters is 2. The van der Waals surface area contributed by atoms with Crippen LogP contribution in [0.15, 0.2) is 48.5 Å². The third-order valence-electron chi connectivity index (χ3n) is 4.27. The van der Waals surface area contributed by atoms with Crippen molar-refractivity contribution in [1.29, 1.82) is 0 Å². The molecule has 146 valence electrons. The minimum Gasteiger partial charge on any atom is -0.465 e. The highest BCUT2D eigenvalue weighted by Crippen LogP contribution is 2.18. The van der Waals surface area contributed by atoms with Crippen LogP contribution < -0.4 is 11.5 Å². The lowest BCUT2D eigenvalue weighted by Gasteiger charge is -2.25. The maximum absolute atomic E-state index is 12.9. The van der Waals surface area contributed by atoms with Gasteiger partial charge in [0.15, 0.2) is 17.1 Å². The Morgan fingerprint density at radius 1 is 0.714 bits per heavy atom. The molecule has 0 aliphatic carbocycles. The minimum absolute atomic E-state index is 0.125. The van der Waals surface area contributed by atoms with Gasteiger partial charge in [0.1, 0.15) is 0 Å². The first-order valence-electron chi connectivity index (χ1n) is 8.23. The zero-order chi connectivity index (χ0) is 20.9. The smallest absolute Gasteiger partial charge is 0.337 e. The lowest BCUT2D eigenvalue weighted by molar-refractivity contribution is 0.0592. The zero-order valence-electron chi connectivity index (χ0n) is 15.4. The van der Waals surface area contributed by atoms with Crippen molar-refractivity contribution in [1.82, 2.24) is 0 Å². The maximum Gasteiger partial charge on any atom is 0.337 e. The Morgan fingerprint density at radius 2 is 1.00 bits per heavy atom. The van der Waals surface area contributed by atoms with Crippen molar-refractivity contribution in [3.63, 3.8) is 0 Å². The van der Waals surface area contributed by atoms with Crippen molar-refractivity contribution >= 4 is 23.5 Å². The van der Waals surface area contributed by atoms with Crippen LogP contribution >= 0.6 is 0 Å². The molecule has 0 heterocycles. The zero-order valence-corrected chi connectivity index (χ0v) is 15.4. The number of benzene rings is 2. The number of carbonyl (C=O) groups is 4. The fourth-order valence-corrected chi connectivity index (χ4v) is 2.55. The van der Waals surface area contributed by atoms with Gasteiger partial charge in [-0.25, -0.2) is 9.59 Å². The Bertz CT molecular complexity index is 832. The van der Waals surface area contributed by atoms with Gasteiger partial charge in [0, 0.05) is 17.7 Å². The second kappa shape index (κ2) is 8.55. The molecule has 8 heteroatoms. The van der Waals surface area contributed by atoms with Crippen LogP contribution in [0, 0.1) is 0 Å². The van der Waals surface area contributed by atoms with Gasteiger partial charge in [-0.05, 0) is 24.3 Å². The Kier molecular flexibility index (Phi) is 6.40.